The first-order valence-corrected chi connectivity index (χ1v) is 6.54. The van der Waals surface area contributed by atoms with Crippen molar-refractivity contribution < 1.29 is 0 Å². The van der Waals surface area contributed by atoms with E-state index < -0.39 is 0 Å². The van der Waals surface area contributed by atoms with Crippen molar-refractivity contribution in [3.63, 3.8) is 0 Å². The highest BCUT2D eigenvalue weighted by Gasteiger charge is 2.15. The van der Waals surface area contributed by atoms with Crippen LogP contribution in [0.15, 0.2) is 17.3 Å². The molecule has 0 aromatic carbocycles. The van der Waals surface area contributed by atoms with Gasteiger partial charge in [0.2, 0.25) is 5.96 Å². The average Bonchev–Trinajstić information content (AvgIpc) is 3.00. The molecule has 0 aliphatic heterocycles. The van der Waals surface area contributed by atoms with Gasteiger partial charge >= 0.3 is 0 Å². The van der Waals surface area contributed by atoms with E-state index >= 15 is 0 Å². The van der Waals surface area contributed by atoms with Gasteiger partial charge in [0.15, 0.2) is 0 Å². The Bertz CT molecular complexity index is 391. The first-order valence-electron chi connectivity index (χ1n) is 6.54. The summed E-state index contributed by atoms with van der Waals surface area (Å²) < 4.78 is 1.87. The zero-order chi connectivity index (χ0) is 12.8. The van der Waals surface area contributed by atoms with E-state index in [9.17, 15) is 0 Å². The summed E-state index contributed by atoms with van der Waals surface area (Å²) in [7, 11) is 1.94. The molecule has 100 valence electrons. The molecule has 0 radical (unpaired) electrons. The van der Waals surface area contributed by atoms with Crippen LogP contribution in [0.4, 0.5) is 0 Å². The lowest BCUT2D eigenvalue weighted by Crippen LogP contribution is -2.45. The smallest absolute Gasteiger partial charge is 0.205 e. The first-order chi connectivity index (χ1) is 8.79. The van der Waals surface area contributed by atoms with Gasteiger partial charge in [-0.3, -0.25) is 15.1 Å². The van der Waals surface area contributed by atoms with E-state index in [-0.39, 0.29) is 0 Å². The summed E-state index contributed by atoms with van der Waals surface area (Å²) >= 11 is 0. The van der Waals surface area contributed by atoms with Gasteiger partial charge in [-0.1, -0.05) is 12.8 Å². The van der Waals surface area contributed by atoms with Gasteiger partial charge in [0, 0.05) is 37.9 Å². The van der Waals surface area contributed by atoms with E-state index in [1.165, 1.54) is 31.4 Å². The lowest BCUT2D eigenvalue weighted by molar-refractivity contribution is 0.613. The van der Waals surface area contributed by atoms with Crippen LogP contribution in [0.3, 0.4) is 0 Å². The van der Waals surface area contributed by atoms with Gasteiger partial charge in [-0.05, 0) is 18.9 Å². The second-order valence-electron chi connectivity index (χ2n) is 4.70. The summed E-state index contributed by atoms with van der Waals surface area (Å²) in [6, 6.07) is 2.53. The molecule has 0 amide bonds. The normalized spacial score (nSPS) is 17.1. The van der Waals surface area contributed by atoms with Gasteiger partial charge < -0.3 is 5.32 Å². The van der Waals surface area contributed by atoms with Crippen LogP contribution in [-0.4, -0.2) is 28.3 Å². The van der Waals surface area contributed by atoms with Crippen LogP contribution in [0.1, 0.15) is 31.4 Å². The molecule has 0 spiro atoms. The second kappa shape index (κ2) is 6.39. The maximum Gasteiger partial charge on any atom is 0.205 e. The monoisotopic (exact) mass is 250 g/mol. The van der Waals surface area contributed by atoms with Crippen molar-refractivity contribution in [2.24, 2.45) is 17.9 Å². The van der Waals surface area contributed by atoms with E-state index in [0.717, 1.165) is 6.42 Å². The number of aromatic nitrogens is 2. The van der Waals surface area contributed by atoms with Crippen molar-refractivity contribution in [1.29, 1.82) is 0 Å². The summed E-state index contributed by atoms with van der Waals surface area (Å²) in [5, 5.41) is 7.48. The molecule has 6 heteroatoms. The minimum atomic E-state index is 0.525. The molecule has 6 nitrogen and oxygen atoms in total. The van der Waals surface area contributed by atoms with E-state index in [1.807, 2.05) is 17.8 Å². The van der Waals surface area contributed by atoms with Crippen LogP contribution in [0.2, 0.25) is 0 Å². The summed E-state index contributed by atoms with van der Waals surface area (Å²) in [5.74, 6) is 6.18. The van der Waals surface area contributed by atoms with Crippen LogP contribution < -0.4 is 16.6 Å². The third kappa shape index (κ3) is 3.46. The quantitative estimate of drug-likeness (QED) is 0.311. The predicted octanol–water partition coefficient (Wildman–Crippen LogP) is 0.314. The van der Waals surface area contributed by atoms with Crippen molar-refractivity contribution in [3.8, 4) is 0 Å². The Morgan fingerprint density at radius 2 is 2.33 bits per heavy atom. The minimum absolute atomic E-state index is 0.525. The number of hydrogen-bond donors (Lipinski definition) is 3. The fraction of sp³-hybridized carbons (Fsp3) is 0.667. The van der Waals surface area contributed by atoms with Crippen molar-refractivity contribution in [1.82, 2.24) is 20.5 Å². The topological polar surface area (TPSA) is 80.3 Å². The highest BCUT2D eigenvalue weighted by molar-refractivity contribution is 5.79. The lowest BCUT2D eigenvalue weighted by atomic mass is 10.2. The summed E-state index contributed by atoms with van der Waals surface area (Å²) in [5.41, 5.74) is 3.82. The Kier molecular flexibility index (Phi) is 4.58. The van der Waals surface area contributed by atoms with Gasteiger partial charge in [-0.15, -0.1) is 0 Å². The number of aliphatic imine (C=N–C) groups is 1. The maximum atomic E-state index is 5.48. The standard InChI is InChI=1S/C12H22N6/c1-18-11(7-9-15-18)6-8-14-12(17-13)16-10-4-2-3-5-10/h7,9-10H,2-6,8,13H2,1H3,(H2,14,16,17). The largest absolute Gasteiger partial charge is 0.353 e. The molecule has 1 aliphatic carbocycles. The fourth-order valence-electron chi connectivity index (χ4n) is 2.33. The average molecular weight is 250 g/mol. The molecule has 0 unspecified atom stereocenters. The third-order valence-electron chi connectivity index (χ3n) is 3.39. The fourth-order valence-corrected chi connectivity index (χ4v) is 2.33. The van der Waals surface area contributed by atoms with Crippen molar-refractivity contribution in [3.05, 3.63) is 18.0 Å². The summed E-state index contributed by atoms with van der Waals surface area (Å²) in [6.07, 6.45) is 7.69. The van der Waals surface area contributed by atoms with Crippen LogP contribution in [0.5, 0.6) is 0 Å². The van der Waals surface area contributed by atoms with E-state index in [0.29, 0.717) is 18.5 Å². The third-order valence-corrected chi connectivity index (χ3v) is 3.39. The van der Waals surface area contributed by atoms with Gasteiger partial charge in [0.1, 0.15) is 0 Å². The summed E-state index contributed by atoms with van der Waals surface area (Å²) in [6.45, 7) is 0.707. The van der Waals surface area contributed by atoms with E-state index in [2.05, 4.69) is 20.8 Å². The lowest BCUT2D eigenvalue weighted by Gasteiger charge is -2.14. The molecule has 0 saturated heterocycles. The van der Waals surface area contributed by atoms with Gasteiger partial charge in [0.05, 0.1) is 0 Å². The van der Waals surface area contributed by atoms with Gasteiger partial charge in [0.25, 0.3) is 0 Å². The Labute approximate surface area is 108 Å². The van der Waals surface area contributed by atoms with Crippen LogP contribution in [-0.2, 0) is 13.5 Å². The highest BCUT2D eigenvalue weighted by Crippen LogP contribution is 2.17. The van der Waals surface area contributed by atoms with Crippen molar-refractivity contribution in [2.45, 2.75) is 38.1 Å². The minimum Gasteiger partial charge on any atom is -0.353 e. The molecule has 0 bridgehead atoms. The molecule has 4 N–H and O–H groups in total. The number of hydrazine groups is 1. The number of hydrogen-bond acceptors (Lipinski definition) is 3. The highest BCUT2D eigenvalue weighted by atomic mass is 15.3. The maximum absolute atomic E-state index is 5.48. The molecule has 2 rings (SSSR count). The first kappa shape index (κ1) is 12.9. The Morgan fingerprint density at radius 3 is 2.94 bits per heavy atom. The van der Waals surface area contributed by atoms with E-state index in [4.69, 9.17) is 5.84 Å². The number of nitrogens with two attached hydrogens (primary N) is 1. The second-order valence-corrected chi connectivity index (χ2v) is 4.70. The summed E-state index contributed by atoms with van der Waals surface area (Å²) in [4.78, 5) is 4.45. The number of guanidine groups is 1. The van der Waals surface area contributed by atoms with Crippen LogP contribution in [0.25, 0.3) is 0 Å². The molecule has 18 heavy (non-hydrogen) atoms. The molecule has 1 heterocycles. The number of rotatable bonds is 4. The zero-order valence-electron chi connectivity index (χ0n) is 10.9. The molecular weight excluding hydrogens is 228 g/mol. The Balaban J connectivity index is 1.80. The predicted molar refractivity (Wildman–Crippen MR) is 71.9 cm³/mol. The SMILES string of the molecule is Cn1nccc1CCN=C(NN)NC1CCCC1. The molecule has 1 aromatic rings. The molecular formula is C12H22N6. The Morgan fingerprint density at radius 1 is 1.56 bits per heavy atom. The molecule has 0 atom stereocenters. The van der Waals surface area contributed by atoms with Crippen molar-refractivity contribution >= 4 is 5.96 Å². The van der Waals surface area contributed by atoms with Crippen molar-refractivity contribution in [2.75, 3.05) is 6.54 Å². The van der Waals surface area contributed by atoms with Crippen LogP contribution in [0, 0.1) is 0 Å². The molecule has 1 aromatic heterocycles. The van der Waals surface area contributed by atoms with Gasteiger partial charge in [-0.25, -0.2) is 5.84 Å². The molecule has 1 aliphatic rings. The molecule has 1 saturated carbocycles. The zero-order valence-corrected chi connectivity index (χ0v) is 10.9. The number of nitrogens with zero attached hydrogens (tertiary/aromatic N) is 3. The van der Waals surface area contributed by atoms with E-state index in [1.54, 1.807) is 6.20 Å². The van der Waals surface area contributed by atoms with Crippen LogP contribution >= 0.6 is 0 Å². The number of aryl methyl sites for hydroxylation is 1. The van der Waals surface area contributed by atoms with Gasteiger partial charge in [-0.2, -0.15) is 5.10 Å². The number of nitrogens with one attached hydrogen (secondary N) is 2. The Hall–Kier alpha value is -1.56. The molecule has 1 fully saturated rings.